The van der Waals surface area contributed by atoms with Crippen LogP contribution in [0.5, 0.6) is 5.75 Å². The van der Waals surface area contributed by atoms with Gasteiger partial charge in [0.25, 0.3) is 0 Å². The normalized spacial score (nSPS) is 17.3. The third-order valence-corrected chi connectivity index (χ3v) is 5.90. The Morgan fingerprint density at radius 3 is 2.84 bits per heavy atom. The van der Waals surface area contributed by atoms with Gasteiger partial charge in [0.1, 0.15) is 12.4 Å². The molecule has 6 nitrogen and oxygen atoms in total. The van der Waals surface area contributed by atoms with E-state index in [4.69, 9.17) is 9.47 Å². The highest BCUT2D eigenvalue weighted by Gasteiger charge is 2.21. The summed E-state index contributed by atoms with van der Waals surface area (Å²) in [6, 6.07) is 18.4. The summed E-state index contributed by atoms with van der Waals surface area (Å²) >= 11 is 0. The summed E-state index contributed by atoms with van der Waals surface area (Å²) in [4.78, 5) is 11.5. The molecule has 0 unspecified atom stereocenters. The molecule has 1 aliphatic rings. The summed E-state index contributed by atoms with van der Waals surface area (Å²) in [6.45, 7) is 4.69. The molecule has 3 aromatic heterocycles. The summed E-state index contributed by atoms with van der Waals surface area (Å²) in [5.74, 6) is 1.31. The van der Waals surface area contributed by atoms with Crippen molar-refractivity contribution in [1.29, 1.82) is 0 Å². The lowest BCUT2D eigenvalue weighted by molar-refractivity contribution is 0.121. The Morgan fingerprint density at radius 1 is 0.969 bits per heavy atom. The molecule has 1 aliphatic heterocycles. The number of pyridine rings is 1. The Bertz CT molecular complexity index is 1140. The average Bonchev–Trinajstić information content (AvgIpc) is 3.21. The lowest BCUT2D eigenvalue weighted by Crippen LogP contribution is -2.30. The predicted molar refractivity (Wildman–Crippen MR) is 123 cm³/mol. The molecule has 0 radical (unpaired) electrons. The van der Waals surface area contributed by atoms with E-state index in [1.807, 2.05) is 42.7 Å². The Hall–Kier alpha value is -3.22. The number of ether oxygens (including phenoxy) is 2. The maximum absolute atomic E-state index is 6.12. The molecule has 1 atom stereocenters. The highest BCUT2D eigenvalue weighted by Crippen LogP contribution is 2.23. The highest BCUT2D eigenvalue weighted by molar-refractivity contribution is 5.52. The first-order chi connectivity index (χ1) is 15.8. The Morgan fingerprint density at radius 2 is 1.91 bits per heavy atom. The fourth-order valence-corrected chi connectivity index (χ4v) is 4.33. The molecule has 1 aromatic carbocycles. The monoisotopic (exact) mass is 428 g/mol. The summed E-state index contributed by atoms with van der Waals surface area (Å²) < 4.78 is 14.2. The number of aromatic nitrogens is 3. The molecular formula is C26H28N4O2. The first kappa shape index (κ1) is 20.7. The number of benzene rings is 1. The minimum atomic E-state index is 0.396. The zero-order chi connectivity index (χ0) is 21.6. The molecule has 0 saturated carbocycles. The second-order valence-corrected chi connectivity index (χ2v) is 8.27. The van der Waals surface area contributed by atoms with Crippen LogP contribution in [0.2, 0.25) is 0 Å². The maximum atomic E-state index is 6.12. The quantitative estimate of drug-likeness (QED) is 0.445. The van der Waals surface area contributed by atoms with Crippen LogP contribution < -0.4 is 4.74 Å². The van der Waals surface area contributed by atoms with Crippen molar-refractivity contribution >= 4 is 5.52 Å². The lowest BCUT2D eigenvalue weighted by Gasteiger charge is -2.24. The van der Waals surface area contributed by atoms with E-state index < -0.39 is 0 Å². The van der Waals surface area contributed by atoms with E-state index in [0.29, 0.717) is 12.5 Å². The van der Waals surface area contributed by atoms with Crippen molar-refractivity contribution in [1.82, 2.24) is 19.3 Å². The molecule has 0 spiro atoms. The van der Waals surface area contributed by atoms with Gasteiger partial charge < -0.3 is 13.9 Å². The fraction of sp³-hybridized carbons (Fsp3) is 0.308. The van der Waals surface area contributed by atoms with Crippen LogP contribution in [0.25, 0.3) is 5.52 Å². The number of hydrogen-bond donors (Lipinski definition) is 0. The molecule has 4 heterocycles. The van der Waals surface area contributed by atoms with Gasteiger partial charge in [0, 0.05) is 55.9 Å². The van der Waals surface area contributed by atoms with Gasteiger partial charge in [-0.3, -0.25) is 14.9 Å². The highest BCUT2D eigenvalue weighted by atomic mass is 16.5. The number of nitrogens with zero attached hydrogens (tertiary/aromatic N) is 4. The van der Waals surface area contributed by atoms with Crippen LogP contribution in [0.3, 0.4) is 0 Å². The topological polar surface area (TPSA) is 51.9 Å². The Balaban J connectivity index is 1.26. The van der Waals surface area contributed by atoms with Gasteiger partial charge in [-0.15, -0.1) is 0 Å². The van der Waals surface area contributed by atoms with Crippen LogP contribution in [0.15, 0.2) is 79.4 Å². The van der Waals surface area contributed by atoms with E-state index in [-0.39, 0.29) is 0 Å². The van der Waals surface area contributed by atoms with Crippen LogP contribution in [0.1, 0.15) is 17.0 Å². The SMILES string of the molecule is c1ccc(COc2ccccc2CN2CCOC[C@H](Cc3nccn4cccc34)C2)nc1. The molecule has 4 aromatic rings. The minimum Gasteiger partial charge on any atom is -0.487 e. The summed E-state index contributed by atoms with van der Waals surface area (Å²) in [7, 11) is 0. The molecule has 0 aliphatic carbocycles. The maximum Gasteiger partial charge on any atom is 0.130 e. The van der Waals surface area contributed by atoms with E-state index in [1.54, 1.807) is 6.20 Å². The van der Waals surface area contributed by atoms with Crippen LogP contribution in [0, 0.1) is 5.92 Å². The first-order valence-corrected chi connectivity index (χ1v) is 11.2. The molecule has 0 amide bonds. The molecule has 5 rings (SSSR count). The van der Waals surface area contributed by atoms with E-state index in [0.717, 1.165) is 56.4 Å². The summed E-state index contributed by atoms with van der Waals surface area (Å²) in [6.07, 6.45) is 8.65. The van der Waals surface area contributed by atoms with Gasteiger partial charge >= 0.3 is 0 Å². The number of fused-ring (bicyclic) bond motifs is 1. The van der Waals surface area contributed by atoms with E-state index in [9.17, 15) is 0 Å². The van der Waals surface area contributed by atoms with Gasteiger partial charge in [-0.1, -0.05) is 24.3 Å². The summed E-state index contributed by atoms with van der Waals surface area (Å²) in [5, 5.41) is 0. The lowest BCUT2D eigenvalue weighted by atomic mass is 10.0. The molecule has 1 saturated heterocycles. The van der Waals surface area contributed by atoms with Crippen LogP contribution in [-0.4, -0.2) is 45.6 Å². The third kappa shape index (κ3) is 4.98. The third-order valence-electron chi connectivity index (χ3n) is 5.90. The molecule has 0 N–H and O–H groups in total. The number of para-hydroxylation sites is 1. The second-order valence-electron chi connectivity index (χ2n) is 8.27. The Labute approximate surface area is 188 Å². The minimum absolute atomic E-state index is 0.396. The zero-order valence-corrected chi connectivity index (χ0v) is 18.1. The number of rotatable bonds is 7. The first-order valence-electron chi connectivity index (χ1n) is 11.2. The van der Waals surface area contributed by atoms with Crippen molar-refractivity contribution in [2.75, 3.05) is 26.3 Å². The summed E-state index contributed by atoms with van der Waals surface area (Å²) in [5.41, 5.74) is 4.43. The van der Waals surface area contributed by atoms with Crippen molar-refractivity contribution < 1.29 is 9.47 Å². The van der Waals surface area contributed by atoms with Crippen molar-refractivity contribution in [2.24, 2.45) is 5.92 Å². The smallest absolute Gasteiger partial charge is 0.130 e. The second kappa shape index (κ2) is 9.94. The molecule has 0 bridgehead atoms. The fourth-order valence-electron chi connectivity index (χ4n) is 4.33. The van der Waals surface area contributed by atoms with E-state index in [2.05, 4.69) is 49.7 Å². The molecular weight excluding hydrogens is 400 g/mol. The standard InChI is InChI=1S/C26H28N4O2/c1-2-9-26(32-20-23-7-3-4-10-27-23)22(6-1)18-29-14-15-31-19-21(17-29)16-24-25-8-5-12-30(25)13-11-28-24/h1-13,21H,14-20H2/t21-/m1/s1. The average molecular weight is 429 g/mol. The molecule has 6 heteroatoms. The van der Waals surface area contributed by atoms with Gasteiger partial charge in [0.2, 0.25) is 0 Å². The molecule has 1 fully saturated rings. The van der Waals surface area contributed by atoms with Crippen molar-refractivity contribution in [3.63, 3.8) is 0 Å². The van der Waals surface area contributed by atoms with Gasteiger partial charge in [0.05, 0.1) is 30.1 Å². The van der Waals surface area contributed by atoms with Crippen molar-refractivity contribution in [3.8, 4) is 5.75 Å². The zero-order valence-electron chi connectivity index (χ0n) is 18.1. The van der Waals surface area contributed by atoms with E-state index in [1.165, 1.54) is 11.1 Å². The van der Waals surface area contributed by atoms with Gasteiger partial charge in [-0.2, -0.15) is 0 Å². The van der Waals surface area contributed by atoms with Crippen LogP contribution in [0.4, 0.5) is 0 Å². The van der Waals surface area contributed by atoms with Gasteiger partial charge in [-0.25, -0.2) is 0 Å². The van der Waals surface area contributed by atoms with Crippen molar-refractivity contribution in [3.05, 3.63) is 96.3 Å². The van der Waals surface area contributed by atoms with Crippen LogP contribution in [-0.2, 0) is 24.3 Å². The van der Waals surface area contributed by atoms with Crippen LogP contribution >= 0.6 is 0 Å². The van der Waals surface area contributed by atoms with Gasteiger partial charge in [-0.05, 0) is 36.8 Å². The number of hydrogen-bond acceptors (Lipinski definition) is 5. The van der Waals surface area contributed by atoms with Gasteiger partial charge in [0.15, 0.2) is 0 Å². The van der Waals surface area contributed by atoms with E-state index >= 15 is 0 Å². The Kier molecular flexibility index (Phi) is 6.42. The molecule has 32 heavy (non-hydrogen) atoms. The largest absolute Gasteiger partial charge is 0.487 e. The predicted octanol–water partition coefficient (Wildman–Crippen LogP) is 4.00. The van der Waals surface area contributed by atoms with Crippen molar-refractivity contribution in [2.45, 2.75) is 19.6 Å². The molecule has 164 valence electrons.